The monoisotopic (exact) mass is 630 g/mol. The summed E-state index contributed by atoms with van der Waals surface area (Å²) >= 11 is 0. The number of piperidine rings is 1. The van der Waals surface area contributed by atoms with Crippen LogP contribution in [0.5, 0.6) is 0 Å². The van der Waals surface area contributed by atoms with Gasteiger partial charge in [0.25, 0.3) is 5.91 Å². The predicted molar refractivity (Wildman–Crippen MR) is 161 cm³/mol. The Hall–Kier alpha value is -4.26. The Bertz CT molecular complexity index is 1310. The van der Waals surface area contributed by atoms with E-state index in [9.17, 15) is 18.8 Å². The van der Waals surface area contributed by atoms with Gasteiger partial charge in [-0.15, -0.1) is 5.10 Å². The molecule has 2 aliphatic rings. The number of morpholine rings is 1. The number of halogens is 1. The normalized spacial score (nSPS) is 17.6. The van der Waals surface area contributed by atoms with Crippen molar-refractivity contribution in [2.75, 3.05) is 45.9 Å². The minimum absolute atomic E-state index is 0.117. The van der Waals surface area contributed by atoms with Crippen molar-refractivity contribution in [2.45, 2.75) is 52.5 Å². The number of para-hydroxylation sites is 1. The number of aromatic nitrogens is 3. The fraction of sp³-hybridized carbons (Fsp3) is 0.548. The number of nitrogens with zero attached hydrogens (tertiary/aromatic N) is 5. The highest BCUT2D eigenvalue weighted by atomic mass is 19.1. The van der Waals surface area contributed by atoms with Crippen molar-refractivity contribution in [1.82, 2.24) is 30.1 Å². The molecule has 0 spiro atoms. The largest absolute Gasteiger partial charge is 0.478 e. The molecule has 246 valence electrons. The Morgan fingerprint density at radius 1 is 1.22 bits per heavy atom. The number of carboxylic acid groups (broad SMARTS) is 1. The van der Waals surface area contributed by atoms with Crippen molar-refractivity contribution in [3.63, 3.8) is 0 Å². The molecule has 0 unspecified atom stereocenters. The van der Waals surface area contributed by atoms with Crippen LogP contribution in [-0.4, -0.2) is 106 Å². The number of carboxylic acids is 1. The summed E-state index contributed by atoms with van der Waals surface area (Å²) in [5, 5.41) is 19.5. The van der Waals surface area contributed by atoms with Crippen LogP contribution in [0.4, 0.5) is 4.39 Å². The van der Waals surface area contributed by atoms with E-state index in [1.165, 1.54) is 10.7 Å². The Labute approximate surface area is 262 Å². The van der Waals surface area contributed by atoms with Crippen LogP contribution in [0.1, 0.15) is 56.2 Å². The van der Waals surface area contributed by atoms with E-state index in [-0.39, 0.29) is 47.2 Å². The number of benzene rings is 1. The molecular formula is C31H43FN6O7. The van der Waals surface area contributed by atoms with Gasteiger partial charge in [0.15, 0.2) is 5.69 Å². The van der Waals surface area contributed by atoms with Gasteiger partial charge in [-0.2, -0.15) is 9.59 Å². The van der Waals surface area contributed by atoms with Crippen LogP contribution in [-0.2, 0) is 30.3 Å². The Balaban J connectivity index is 0.000000789. The first kappa shape index (κ1) is 36.9. The maximum Gasteiger partial charge on any atom is 0.373 e. The van der Waals surface area contributed by atoms with E-state index in [4.69, 9.17) is 19.4 Å². The van der Waals surface area contributed by atoms with Crippen LogP contribution in [0, 0.1) is 17.7 Å². The highest BCUT2D eigenvalue weighted by Crippen LogP contribution is 2.24. The van der Waals surface area contributed by atoms with E-state index in [0.29, 0.717) is 64.5 Å². The molecule has 2 atom stereocenters. The third kappa shape index (κ3) is 11.0. The Kier molecular flexibility index (Phi) is 15.8. The third-order valence-electron chi connectivity index (χ3n) is 7.25. The van der Waals surface area contributed by atoms with E-state index in [1.807, 2.05) is 9.80 Å². The van der Waals surface area contributed by atoms with Crippen molar-refractivity contribution >= 4 is 23.9 Å². The molecule has 0 radical (unpaired) electrons. The maximum atomic E-state index is 14.6. The molecule has 2 fully saturated rings. The number of hydrogen-bond donors (Lipinski definition) is 2. The van der Waals surface area contributed by atoms with Gasteiger partial charge in [-0.3, -0.25) is 9.59 Å². The zero-order valence-corrected chi connectivity index (χ0v) is 26.1. The smallest absolute Gasteiger partial charge is 0.373 e. The van der Waals surface area contributed by atoms with Gasteiger partial charge in [0.05, 0.1) is 24.8 Å². The minimum atomic E-state index is -0.981. The summed E-state index contributed by atoms with van der Waals surface area (Å²) in [4.78, 5) is 56.5. The van der Waals surface area contributed by atoms with Gasteiger partial charge >= 0.3 is 12.1 Å². The summed E-state index contributed by atoms with van der Waals surface area (Å²) in [7, 11) is 0. The Morgan fingerprint density at radius 2 is 1.87 bits per heavy atom. The third-order valence-corrected chi connectivity index (χ3v) is 7.25. The molecule has 1 aromatic heterocycles. The molecule has 45 heavy (non-hydrogen) atoms. The molecule has 3 heterocycles. The number of ether oxygens (including phenoxy) is 1. The number of amides is 2. The second kappa shape index (κ2) is 19.2. The van der Waals surface area contributed by atoms with Gasteiger partial charge in [-0.1, -0.05) is 51.1 Å². The molecular weight excluding hydrogens is 587 g/mol. The second-order valence-corrected chi connectivity index (χ2v) is 11.0. The molecule has 2 saturated heterocycles. The molecule has 4 rings (SSSR count). The quantitative estimate of drug-likeness (QED) is 0.373. The molecule has 2 aliphatic heterocycles. The summed E-state index contributed by atoms with van der Waals surface area (Å²) < 4.78 is 21.5. The lowest BCUT2D eigenvalue weighted by molar-refractivity contribution is -0.191. The van der Waals surface area contributed by atoms with Gasteiger partial charge in [0, 0.05) is 44.8 Å². The minimum Gasteiger partial charge on any atom is -0.478 e. The van der Waals surface area contributed by atoms with Crippen LogP contribution in [0.2, 0.25) is 0 Å². The lowest BCUT2D eigenvalue weighted by atomic mass is 9.92. The van der Waals surface area contributed by atoms with E-state index in [2.05, 4.69) is 43.0 Å². The summed E-state index contributed by atoms with van der Waals surface area (Å²) in [5.74, 6) is -1.47. The second-order valence-electron chi connectivity index (χ2n) is 11.0. The zero-order valence-electron chi connectivity index (χ0n) is 26.1. The number of hydrogen-bond acceptors (Lipinski definition) is 9. The summed E-state index contributed by atoms with van der Waals surface area (Å²) in [6.45, 7) is 13.2. The number of carbonyl (C=O) groups excluding carboxylic acids is 4. The maximum absolute atomic E-state index is 14.6. The van der Waals surface area contributed by atoms with Crippen molar-refractivity contribution in [3.05, 3.63) is 54.1 Å². The van der Waals surface area contributed by atoms with Gasteiger partial charge in [-0.25, -0.2) is 13.9 Å². The summed E-state index contributed by atoms with van der Waals surface area (Å²) in [6.07, 6.45) is 3.99. The number of aliphatic carboxylic acids is 1. The lowest BCUT2D eigenvalue weighted by Crippen LogP contribution is -2.56. The van der Waals surface area contributed by atoms with E-state index >= 15 is 0 Å². The van der Waals surface area contributed by atoms with Crippen molar-refractivity contribution in [3.8, 4) is 5.69 Å². The van der Waals surface area contributed by atoms with E-state index in [0.717, 1.165) is 18.9 Å². The van der Waals surface area contributed by atoms with Crippen LogP contribution in [0.15, 0.2) is 36.9 Å². The van der Waals surface area contributed by atoms with Crippen LogP contribution < -0.4 is 5.32 Å². The average molecular weight is 631 g/mol. The molecule has 0 saturated carbocycles. The van der Waals surface area contributed by atoms with E-state index < -0.39 is 11.8 Å². The fourth-order valence-corrected chi connectivity index (χ4v) is 5.17. The highest BCUT2D eigenvalue weighted by molar-refractivity contribution is 5.94. The molecule has 2 amide bonds. The molecule has 14 heteroatoms. The number of carbonyl (C=O) groups is 3. The van der Waals surface area contributed by atoms with Crippen molar-refractivity contribution in [1.29, 1.82) is 0 Å². The lowest BCUT2D eigenvalue weighted by Gasteiger charge is -2.40. The van der Waals surface area contributed by atoms with Gasteiger partial charge < -0.3 is 25.0 Å². The predicted octanol–water partition coefficient (Wildman–Crippen LogP) is 2.36. The molecule has 0 aliphatic carbocycles. The van der Waals surface area contributed by atoms with Crippen LogP contribution in [0.3, 0.4) is 0 Å². The SMILES string of the molecule is C=CC(=O)O.CCCCc1c(C(=O)N(CC(C)C)[C@@H]2CNC[C@H](C(=O)N3CCOCC3)C2)nnn1-c1ccccc1F.O=C=O. The number of unbranched alkanes of at least 4 members (excludes halogenated alkanes) is 1. The summed E-state index contributed by atoms with van der Waals surface area (Å²) in [5.41, 5.74) is 1.17. The van der Waals surface area contributed by atoms with Crippen LogP contribution in [0.25, 0.3) is 5.69 Å². The first-order valence-corrected chi connectivity index (χ1v) is 15.0. The molecule has 2 N–H and O–H groups in total. The highest BCUT2D eigenvalue weighted by Gasteiger charge is 2.37. The first-order chi connectivity index (χ1) is 21.6. The first-order valence-electron chi connectivity index (χ1n) is 15.0. The van der Waals surface area contributed by atoms with Crippen LogP contribution >= 0.6 is 0 Å². The topological polar surface area (TPSA) is 164 Å². The molecule has 2 aromatic rings. The fourth-order valence-electron chi connectivity index (χ4n) is 5.17. The van der Waals surface area contributed by atoms with Crippen molar-refractivity contribution in [2.24, 2.45) is 11.8 Å². The molecule has 1 aromatic carbocycles. The van der Waals surface area contributed by atoms with Gasteiger partial charge in [0.2, 0.25) is 5.91 Å². The molecule has 13 nitrogen and oxygen atoms in total. The van der Waals surface area contributed by atoms with E-state index in [1.54, 1.807) is 18.2 Å². The number of nitrogens with one attached hydrogen (secondary N) is 1. The van der Waals surface area contributed by atoms with Gasteiger partial charge in [0.1, 0.15) is 11.5 Å². The van der Waals surface area contributed by atoms with Gasteiger partial charge in [-0.05, 0) is 37.3 Å². The number of rotatable bonds is 10. The van der Waals surface area contributed by atoms with Crippen molar-refractivity contribution < 1.29 is 38.2 Å². The average Bonchev–Trinajstić information content (AvgIpc) is 3.46. The zero-order chi connectivity index (χ0) is 33.4. The molecule has 0 bridgehead atoms. The Morgan fingerprint density at radius 3 is 2.44 bits per heavy atom. The summed E-state index contributed by atoms with van der Waals surface area (Å²) in [6, 6.07) is 6.24. The standard InChI is InChI=1S/C27H39FN6O3.C3H4O2.CO2/c1-4-5-9-24-25(30-31-34(24)23-10-7-6-8-22(23)28)27(36)33(18-19(2)3)21-15-20(16-29-17-21)26(35)32-11-13-37-14-12-32;1-2-3(4)5;2-1-3/h6-8,10,19-21,29H,4-5,9,11-18H2,1-3H3;2H,1H2,(H,4,5);/t20-,21+;;/m1../s1.